The van der Waals surface area contributed by atoms with Crippen LogP contribution in [0.3, 0.4) is 0 Å². The van der Waals surface area contributed by atoms with Gasteiger partial charge in [-0.05, 0) is 42.8 Å². The van der Waals surface area contributed by atoms with Crippen LogP contribution >= 0.6 is 0 Å². The van der Waals surface area contributed by atoms with Crippen LogP contribution in [0.25, 0.3) is 0 Å². The molecule has 0 amide bonds. The lowest BCUT2D eigenvalue weighted by molar-refractivity contribution is -0.137. The third kappa shape index (κ3) is 4.50. The molecule has 0 N–H and O–H groups in total. The summed E-state index contributed by atoms with van der Waals surface area (Å²) in [6.07, 6.45) is -3.48. The number of pyridine rings is 1. The smallest absolute Gasteiger partial charge is 0.416 e. The first-order chi connectivity index (χ1) is 12.1. The minimum Gasteiger partial charge on any atom is -0.491 e. The van der Waals surface area contributed by atoms with Crippen molar-refractivity contribution >= 4 is 10.0 Å². The summed E-state index contributed by atoms with van der Waals surface area (Å²) in [7, 11) is -2.99. The van der Waals surface area contributed by atoms with Gasteiger partial charge in [0, 0.05) is 19.8 Å². The fourth-order valence-electron chi connectivity index (χ4n) is 2.23. The minimum atomic E-state index is -4.74. The minimum absolute atomic E-state index is 0.0251. The molecule has 0 aliphatic heterocycles. The summed E-state index contributed by atoms with van der Waals surface area (Å²) in [6.45, 7) is 1.40. The largest absolute Gasteiger partial charge is 0.491 e. The molecule has 0 aliphatic carbocycles. The van der Waals surface area contributed by atoms with E-state index in [1.165, 1.54) is 18.3 Å². The molecule has 1 aromatic carbocycles. The van der Waals surface area contributed by atoms with Gasteiger partial charge in [0.2, 0.25) is 5.03 Å². The van der Waals surface area contributed by atoms with Gasteiger partial charge in [0.1, 0.15) is 5.82 Å². The van der Waals surface area contributed by atoms with Gasteiger partial charge in [0.15, 0.2) is 5.75 Å². The highest BCUT2D eigenvalue weighted by Gasteiger charge is 2.32. The Bertz CT molecular complexity index is 885. The number of hydrogen-bond acceptors (Lipinski definition) is 4. The van der Waals surface area contributed by atoms with Crippen molar-refractivity contribution in [3.8, 4) is 5.75 Å². The molecule has 0 bridgehead atoms. The van der Waals surface area contributed by atoms with E-state index in [0.717, 1.165) is 17.4 Å². The quantitative estimate of drug-likeness (QED) is 0.707. The zero-order chi connectivity index (χ0) is 19.5. The van der Waals surface area contributed by atoms with Crippen molar-refractivity contribution < 1.29 is 30.7 Å². The first-order valence-electron chi connectivity index (χ1n) is 7.46. The van der Waals surface area contributed by atoms with Gasteiger partial charge in [0.05, 0.1) is 12.2 Å². The Hall–Kier alpha value is -2.20. The highest BCUT2D eigenvalue weighted by Crippen LogP contribution is 2.31. The van der Waals surface area contributed by atoms with Gasteiger partial charge in [0.25, 0.3) is 10.0 Å². The van der Waals surface area contributed by atoms with Crippen molar-refractivity contribution in [3.63, 3.8) is 0 Å². The summed E-state index contributed by atoms with van der Waals surface area (Å²) in [5.74, 6) is -1.08. The van der Waals surface area contributed by atoms with Crippen LogP contribution < -0.4 is 4.74 Å². The molecule has 0 atom stereocenters. The SMILES string of the molecule is CCOc1cccnc1S(=O)(=O)N(C)Cc1cc(F)cc(C(F)(F)F)c1. The standard InChI is InChI=1S/C16H16F4N2O3S/c1-3-25-14-5-4-6-21-15(14)26(23,24)22(2)10-11-7-12(16(18,19)20)9-13(17)8-11/h4-9H,3,10H2,1-2H3. The lowest BCUT2D eigenvalue weighted by Crippen LogP contribution is -2.28. The average Bonchev–Trinajstić information content (AvgIpc) is 2.54. The van der Waals surface area contributed by atoms with Crippen LogP contribution in [0.15, 0.2) is 41.6 Å². The summed E-state index contributed by atoms with van der Waals surface area (Å²) < 4.78 is 83.2. The molecule has 0 spiro atoms. The van der Waals surface area contributed by atoms with E-state index < -0.39 is 34.1 Å². The van der Waals surface area contributed by atoms with E-state index in [9.17, 15) is 26.0 Å². The molecule has 26 heavy (non-hydrogen) atoms. The lowest BCUT2D eigenvalue weighted by atomic mass is 10.1. The number of ether oxygens (including phenoxy) is 1. The molecule has 0 fully saturated rings. The number of benzene rings is 1. The number of aromatic nitrogens is 1. The molecule has 0 saturated carbocycles. The summed E-state index contributed by atoms with van der Waals surface area (Å²) in [6, 6.07) is 4.82. The van der Waals surface area contributed by atoms with Gasteiger partial charge in [-0.1, -0.05) is 0 Å². The molecule has 142 valence electrons. The number of nitrogens with zero attached hydrogens (tertiary/aromatic N) is 2. The van der Waals surface area contributed by atoms with Gasteiger partial charge >= 0.3 is 6.18 Å². The molecule has 0 saturated heterocycles. The van der Waals surface area contributed by atoms with E-state index in [1.54, 1.807) is 6.92 Å². The van der Waals surface area contributed by atoms with Crippen LogP contribution in [-0.2, 0) is 22.7 Å². The normalized spacial score (nSPS) is 12.4. The Kier molecular flexibility index (Phi) is 5.87. The molecule has 10 heteroatoms. The van der Waals surface area contributed by atoms with Crippen LogP contribution in [0, 0.1) is 5.82 Å². The maximum atomic E-state index is 13.5. The predicted molar refractivity (Wildman–Crippen MR) is 85.5 cm³/mol. The molecule has 2 rings (SSSR count). The van der Waals surface area contributed by atoms with Crippen molar-refractivity contribution in [1.82, 2.24) is 9.29 Å². The molecular formula is C16H16F4N2O3S. The molecule has 1 aromatic heterocycles. The van der Waals surface area contributed by atoms with E-state index in [4.69, 9.17) is 4.74 Å². The summed E-state index contributed by atoms with van der Waals surface area (Å²) in [5, 5.41) is -0.364. The summed E-state index contributed by atoms with van der Waals surface area (Å²) in [5.41, 5.74) is -1.33. The predicted octanol–water partition coefficient (Wildman–Crippen LogP) is 3.46. The third-order valence-corrected chi connectivity index (χ3v) is 5.13. The van der Waals surface area contributed by atoms with E-state index in [-0.39, 0.29) is 22.9 Å². The summed E-state index contributed by atoms with van der Waals surface area (Å²) >= 11 is 0. The van der Waals surface area contributed by atoms with Crippen molar-refractivity contribution in [1.29, 1.82) is 0 Å². The van der Waals surface area contributed by atoms with Crippen LogP contribution in [0.2, 0.25) is 0 Å². The molecule has 0 unspecified atom stereocenters. The Morgan fingerprint density at radius 2 is 1.92 bits per heavy atom. The molecule has 2 aromatic rings. The van der Waals surface area contributed by atoms with Crippen LogP contribution in [-0.4, -0.2) is 31.4 Å². The first-order valence-corrected chi connectivity index (χ1v) is 8.90. The maximum absolute atomic E-state index is 13.5. The third-order valence-electron chi connectivity index (χ3n) is 3.38. The maximum Gasteiger partial charge on any atom is 0.416 e. The highest BCUT2D eigenvalue weighted by molar-refractivity contribution is 7.89. The van der Waals surface area contributed by atoms with Gasteiger partial charge < -0.3 is 4.74 Å². The Balaban J connectivity index is 2.35. The number of sulfonamides is 1. The van der Waals surface area contributed by atoms with Crippen molar-refractivity contribution in [2.75, 3.05) is 13.7 Å². The second-order valence-electron chi connectivity index (χ2n) is 5.35. The van der Waals surface area contributed by atoms with E-state index in [0.29, 0.717) is 12.1 Å². The lowest BCUT2D eigenvalue weighted by Gasteiger charge is -2.19. The fraction of sp³-hybridized carbons (Fsp3) is 0.312. The molecule has 0 aliphatic rings. The zero-order valence-electron chi connectivity index (χ0n) is 13.9. The Morgan fingerprint density at radius 1 is 1.23 bits per heavy atom. The fourth-order valence-corrected chi connectivity index (χ4v) is 3.42. The van der Waals surface area contributed by atoms with Crippen LogP contribution in [0.1, 0.15) is 18.1 Å². The highest BCUT2D eigenvalue weighted by atomic mass is 32.2. The second kappa shape index (κ2) is 7.58. The van der Waals surface area contributed by atoms with Crippen LogP contribution in [0.4, 0.5) is 17.6 Å². The van der Waals surface area contributed by atoms with Gasteiger partial charge in [-0.25, -0.2) is 17.8 Å². The number of halogens is 4. The Morgan fingerprint density at radius 3 is 2.54 bits per heavy atom. The molecule has 5 nitrogen and oxygen atoms in total. The molecule has 1 heterocycles. The van der Waals surface area contributed by atoms with E-state index in [2.05, 4.69) is 4.98 Å². The Labute approximate surface area is 148 Å². The number of rotatable bonds is 6. The van der Waals surface area contributed by atoms with Crippen molar-refractivity contribution in [3.05, 3.63) is 53.5 Å². The average molecular weight is 392 g/mol. The first kappa shape index (κ1) is 20.1. The zero-order valence-corrected chi connectivity index (χ0v) is 14.7. The monoisotopic (exact) mass is 392 g/mol. The second-order valence-corrected chi connectivity index (χ2v) is 7.31. The molecular weight excluding hydrogens is 376 g/mol. The van der Waals surface area contributed by atoms with E-state index in [1.807, 2.05) is 0 Å². The van der Waals surface area contributed by atoms with Gasteiger partial charge in [-0.15, -0.1) is 0 Å². The number of alkyl halides is 3. The topological polar surface area (TPSA) is 59.5 Å². The summed E-state index contributed by atoms with van der Waals surface area (Å²) in [4.78, 5) is 3.80. The van der Waals surface area contributed by atoms with Crippen molar-refractivity contribution in [2.24, 2.45) is 0 Å². The van der Waals surface area contributed by atoms with E-state index >= 15 is 0 Å². The van der Waals surface area contributed by atoms with Crippen molar-refractivity contribution in [2.45, 2.75) is 24.7 Å². The van der Waals surface area contributed by atoms with Crippen LogP contribution in [0.5, 0.6) is 5.75 Å². The van der Waals surface area contributed by atoms with Gasteiger partial charge in [-0.3, -0.25) is 0 Å². The van der Waals surface area contributed by atoms with Gasteiger partial charge in [-0.2, -0.15) is 17.5 Å². The number of hydrogen-bond donors (Lipinski definition) is 0. The molecule has 0 radical (unpaired) electrons.